The fourth-order valence-corrected chi connectivity index (χ4v) is 3.58. The zero-order valence-electron chi connectivity index (χ0n) is 16.0. The van der Waals surface area contributed by atoms with Crippen molar-refractivity contribution < 1.29 is 4.79 Å². The van der Waals surface area contributed by atoms with Gasteiger partial charge in [0.25, 0.3) is 0 Å². The molecule has 0 unspecified atom stereocenters. The molecule has 1 fully saturated rings. The van der Waals surface area contributed by atoms with Gasteiger partial charge in [0, 0.05) is 51.9 Å². The van der Waals surface area contributed by atoms with Crippen molar-refractivity contribution in [1.82, 2.24) is 29.7 Å². The first kappa shape index (κ1) is 18.6. The molecule has 3 aromatic rings. The summed E-state index contributed by atoms with van der Waals surface area (Å²) in [6.07, 6.45) is 2.61. The number of fused-ring (bicyclic) bond motifs is 1. The van der Waals surface area contributed by atoms with E-state index in [0.717, 1.165) is 44.2 Å². The lowest BCUT2D eigenvalue weighted by molar-refractivity contribution is -0.122. The minimum atomic E-state index is 0.0744. The summed E-state index contributed by atoms with van der Waals surface area (Å²) in [6.45, 7) is 5.85. The number of nitrogens with zero attached hydrogens (tertiary/aromatic N) is 5. The van der Waals surface area contributed by atoms with Crippen molar-refractivity contribution in [1.29, 1.82) is 0 Å². The molecule has 1 aliphatic heterocycles. The fraction of sp³-hybridized carbons (Fsp3) is 0.381. The molecule has 28 heavy (non-hydrogen) atoms. The van der Waals surface area contributed by atoms with Crippen LogP contribution in [0.25, 0.3) is 5.65 Å². The molecule has 0 spiro atoms. The van der Waals surface area contributed by atoms with Crippen LogP contribution in [-0.4, -0.2) is 69.6 Å². The number of nitrogens with one attached hydrogen (secondary N) is 1. The van der Waals surface area contributed by atoms with E-state index in [-0.39, 0.29) is 5.91 Å². The van der Waals surface area contributed by atoms with Crippen molar-refractivity contribution in [2.75, 3.05) is 39.3 Å². The Morgan fingerprint density at radius 1 is 0.929 bits per heavy atom. The van der Waals surface area contributed by atoms with Crippen LogP contribution in [0, 0.1) is 0 Å². The standard InChI is InChI=1S/C21H26N6O/c28-21(22-10-9-20-24-23-19-8-4-5-11-27(19)20)17-26-14-12-25(13-15-26)16-18-6-2-1-3-7-18/h1-8,11H,9-10,12-17H2,(H,22,28). The van der Waals surface area contributed by atoms with Crippen LogP contribution in [0.15, 0.2) is 54.7 Å². The van der Waals surface area contributed by atoms with Gasteiger partial charge < -0.3 is 5.32 Å². The Balaban J connectivity index is 1.17. The molecule has 1 N–H and O–H groups in total. The molecule has 1 amide bonds. The molecule has 1 aromatic carbocycles. The molecular formula is C21H26N6O. The van der Waals surface area contributed by atoms with Crippen LogP contribution in [0.2, 0.25) is 0 Å². The van der Waals surface area contributed by atoms with Crippen LogP contribution in [0.3, 0.4) is 0 Å². The summed E-state index contributed by atoms with van der Waals surface area (Å²) in [5, 5.41) is 11.3. The molecule has 146 valence electrons. The van der Waals surface area contributed by atoms with Gasteiger partial charge in [0.15, 0.2) is 5.65 Å². The highest BCUT2D eigenvalue weighted by Gasteiger charge is 2.19. The van der Waals surface area contributed by atoms with Gasteiger partial charge in [-0.2, -0.15) is 0 Å². The van der Waals surface area contributed by atoms with Crippen molar-refractivity contribution in [3.05, 3.63) is 66.1 Å². The number of rotatable bonds is 7. The first-order chi connectivity index (χ1) is 13.8. The SMILES string of the molecule is O=C(CN1CCN(Cc2ccccc2)CC1)NCCc1nnc2ccccn12. The Hall–Kier alpha value is -2.77. The minimum Gasteiger partial charge on any atom is -0.355 e. The van der Waals surface area contributed by atoms with Crippen molar-refractivity contribution in [3.8, 4) is 0 Å². The molecule has 0 atom stereocenters. The molecule has 0 aliphatic carbocycles. The summed E-state index contributed by atoms with van der Waals surface area (Å²) in [4.78, 5) is 16.9. The van der Waals surface area contributed by atoms with Gasteiger partial charge in [0.1, 0.15) is 5.82 Å². The highest BCUT2D eigenvalue weighted by Crippen LogP contribution is 2.08. The van der Waals surface area contributed by atoms with E-state index in [0.29, 0.717) is 19.5 Å². The van der Waals surface area contributed by atoms with Gasteiger partial charge in [-0.1, -0.05) is 36.4 Å². The Kier molecular flexibility index (Phi) is 5.94. The van der Waals surface area contributed by atoms with E-state index in [9.17, 15) is 4.79 Å². The highest BCUT2D eigenvalue weighted by molar-refractivity contribution is 5.78. The van der Waals surface area contributed by atoms with Crippen LogP contribution in [0.5, 0.6) is 0 Å². The average Bonchev–Trinajstić information content (AvgIpc) is 3.14. The van der Waals surface area contributed by atoms with Gasteiger partial charge in [-0.15, -0.1) is 10.2 Å². The number of amides is 1. The smallest absolute Gasteiger partial charge is 0.234 e. The Labute approximate surface area is 165 Å². The maximum Gasteiger partial charge on any atom is 0.234 e. The van der Waals surface area contributed by atoms with Crippen LogP contribution in [0.4, 0.5) is 0 Å². The third kappa shape index (κ3) is 4.74. The zero-order chi connectivity index (χ0) is 19.2. The van der Waals surface area contributed by atoms with Crippen molar-refractivity contribution in [2.45, 2.75) is 13.0 Å². The summed E-state index contributed by atoms with van der Waals surface area (Å²) >= 11 is 0. The maximum absolute atomic E-state index is 12.3. The number of pyridine rings is 1. The molecule has 2 aromatic heterocycles. The van der Waals surface area contributed by atoms with Crippen LogP contribution in [0.1, 0.15) is 11.4 Å². The number of hydrogen-bond acceptors (Lipinski definition) is 5. The lowest BCUT2D eigenvalue weighted by Gasteiger charge is -2.34. The number of carbonyl (C=O) groups is 1. The van der Waals surface area contributed by atoms with E-state index in [1.807, 2.05) is 34.9 Å². The van der Waals surface area contributed by atoms with Gasteiger partial charge in [-0.25, -0.2) is 0 Å². The van der Waals surface area contributed by atoms with Gasteiger partial charge in [-0.3, -0.25) is 19.0 Å². The monoisotopic (exact) mass is 378 g/mol. The molecule has 7 heteroatoms. The quantitative estimate of drug-likeness (QED) is 0.669. The first-order valence-electron chi connectivity index (χ1n) is 9.82. The lowest BCUT2D eigenvalue weighted by atomic mass is 10.2. The van der Waals surface area contributed by atoms with E-state index in [2.05, 4.69) is 49.6 Å². The second-order valence-electron chi connectivity index (χ2n) is 7.18. The summed E-state index contributed by atoms with van der Waals surface area (Å²) in [5.74, 6) is 0.941. The van der Waals surface area contributed by atoms with Crippen LogP contribution < -0.4 is 5.32 Å². The predicted molar refractivity (Wildman–Crippen MR) is 108 cm³/mol. The number of aromatic nitrogens is 3. The number of benzene rings is 1. The van der Waals surface area contributed by atoms with Gasteiger partial charge in [0.2, 0.25) is 5.91 Å². The van der Waals surface area contributed by atoms with Crippen LogP contribution in [-0.2, 0) is 17.8 Å². The summed E-state index contributed by atoms with van der Waals surface area (Å²) in [7, 11) is 0. The number of piperazine rings is 1. The highest BCUT2D eigenvalue weighted by atomic mass is 16.2. The van der Waals surface area contributed by atoms with Gasteiger partial charge >= 0.3 is 0 Å². The molecule has 3 heterocycles. The third-order valence-electron chi connectivity index (χ3n) is 5.14. The third-order valence-corrected chi connectivity index (χ3v) is 5.14. The number of carbonyl (C=O) groups excluding carboxylic acids is 1. The second-order valence-corrected chi connectivity index (χ2v) is 7.18. The van der Waals surface area contributed by atoms with E-state index in [1.165, 1.54) is 5.56 Å². The lowest BCUT2D eigenvalue weighted by Crippen LogP contribution is -2.49. The zero-order valence-corrected chi connectivity index (χ0v) is 16.0. The molecule has 0 bridgehead atoms. The maximum atomic E-state index is 12.3. The second kappa shape index (κ2) is 8.95. The fourth-order valence-electron chi connectivity index (χ4n) is 3.58. The average molecular weight is 378 g/mol. The Morgan fingerprint density at radius 3 is 2.50 bits per heavy atom. The summed E-state index contributed by atoms with van der Waals surface area (Å²) in [5.41, 5.74) is 2.17. The molecule has 4 rings (SSSR count). The van der Waals surface area contributed by atoms with Crippen molar-refractivity contribution in [3.63, 3.8) is 0 Å². The van der Waals surface area contributed by atoms with Crippen molar-refractivity contribution >= 4 is 11.6 Å². The molecule has 0 saturated carbocycles. The Morgan fingerprint density at radius 2 is 1.68 bits per heavy atom. The molecule has 1 aliphatic rings. The largest absolute Gasteiger partial charge is 0.355 e. The van der Waals surface area contributed by atoms with E-state index < -0.39 is 0 Å². The van der Waals surface area contributed by atoms with E-state index in [4.69, 9.17) is 0 Å². The van der Waals surface area contributed by atoms with Crippen LogP contribution >= 0.6 is 0 Å². The molecule has 1 saturated heterocycles. The molecule has 7 nitrogen and oxygen atoms in total. The van der Waals surface area contributed by atoms with Gasteiger partial charge in [0.05, 0.1) is 6.54 Å². The molecular weight excluding hydrogens is 352 g/mol. The first-order valence-corrected chi connectivity index (χ1v) is 9.82. The minimum absolute atomic E-state index is 0.0744. The van der Waals surface area contributed by atoms with Gasteiger partial charge in [-0.05, 0) is 17.7 Å². The molecule has 0 radical (unpaired) electrons. The summed E-state index contributed by atoms with van der Waals surface area (Å²) < 4.78 is 1.96. The van der Waals surface area contributed by atoms with Crippen molar-refractivity contribution in [2.24, 2.45) is 0 Å². The normalized spacial score (nSPS) is 15.7. The van der Waals surface area contributed by atoms with E-state index in [1.54, 1.807) is 0 Å². The summed E-state index contributed by atoms with van der Waals surface area (Å²) in [6, 6.07) is 16.4. The predicted octanol–water partition coefficient (Wildman–Crippen LogP) is 1.21. The van der Waals surface area contributed by atoms with E-state index >= 15 is 0 Å². The number of hydrogen-bond donors (Lipinski definition) is 1. The Bertz CT molecular complexity index is 901. The topological polar surface area (TPSA) is 65.8 Å².